The van der Waals surface area contributed by atoms with Crippen molar-refractivity contribution in [3.8, 4) is 0 Å². The topological polar surface area (TPSA) is 80.3 Å². The Bertz CT molecular complexity index is 975. The highest BCUT2D eigenvalue weighted by Crippen LogP contribution is 2.23. The molecule has 3 aromatic rings. The van der Waals surface area contributed by atoms with Crippen LogP contribution in [0.25, 0.3) is 0 Å². The molecule has 0 aliphatic rings. The number of carbonyl (C=O) groups excluding carboxylic acids is 2. The molecule has 29 heavy (non-hydrogen) atoms. The van der Waals surface area contributed by atoms with Gasteiger partial charge in [-0.25, -0.2) is 14.2 Å². The minimum absolute atomic E-state index is 0.349. The molecular weight excluding hydrogens is 393 g/mol. The minimum atomic E-state index is -0.606. The van der Waals surface area contributed by atoms with Crippen molar-refractivity contribution in [1.29, 1.82) is 0 Å². The number of aromatic nitrogens is 1. The molecule has 1 aromatic heterocycles. The molecule has 2 aromatic carbocycles. The molecule has 8 heteroatoms. The summed E-state index contributed by atoms with van der Waals surface area (Å²) in [6.45, 7) is 1.96. The number of hydrogen-bond acceptors (Lipinski definition) is 6. The molecular formula is C21H20FN3O3S. The zero-order valence-corrected chi connectivity index (χ0v) is 16.6. The fraction of sp³-hybridized carbons (Fsp3) is 0.190. The van der Waals surface area contributed by atoms with Crippen LogP contribution >= 0.6 is 11.3 Å². The summed E-state index contributed by atoms with van der Waals surface area (Å²) in [5.74, 6) is -1.51. The second-order valence-electron chi connectivity index (χ2n) is 6.23. The number of anilines is 2. The highest BCUT2D eigenvalue weighted by Gasteiger charge is 2.18. The maximum Gasteiger partial charge on any atom is 0.350 e. The normalized spacial score (nSPS) is 10.4. The summed E-state index contributed by atoms with van der Waals surface area (Å²) < 4.78 is 17.9. The SMILES string of the molecule is Cc1nc(NCCc2ccccc2)sc1C(=O)OCC(=O)Nc1ccc(F)cc1. The number of nitrogens with zero attached hydrogens (tertiary/aromatic N) is 1. The number of carbonyl (C=O) groups is 2. The van der Waals surface area contributed by atoms with Crippen molar-refractivity contribution < 1.29 is 18.7 Å². The van der Waals surface area contributed by atoms with Crippen molar-refractivity contribution in [2.24, 2.45) is 0 Å². The van der Waals surface area contributed by atoms with Crippen LogP contribution in [0.15, 0.2) is 54.6 Å². The molecule has 0 fully saturated rings. The van der Waals surface area contributed by atoms with Gasteiger partial charge < -0.3 is 15.4 Å². The van der Waals surface area contributed by atoms with E-state index in [2.05, 4.69) is 27.8 Å². The predicted molar refractivity (Wildman–Crippen MR) is 111 cm³/mol. The highest BCUT2D eigenvalue weighted by molar-refractivity contribution is 7.17. The second kappa shape index (κ2) is 9.79. The zero-order chi connectivity index (χ0) is 20.6. The maximum absolute atomic E-state index is 12.9. The predicted octanol–water partition coefficient (Wildman–Crippen LogP) is 4.04. The van der Waals surface area contributed by atoms with E-state index in [1.54, 1.807) is 6.92 Å². The summed E-state index contributed by atoms with van der Waals surface area (Å²) in [5, 5.41) is 6.36. The first kappa shape index (κ1) is 20.5. The fourth-order valence-corrected chi connectivity index (χ4v) is 3.43. The number of benzene rings is 2. The molecule has 3 rings (SSSR count). The van der Waals surface area contributed by atoms with Crippen molar-refractivity contribution in [3.05, 3.63) is 76.5 Å². The van der Waals surface area contributed by atoms with Gasteiger partial charge in [0.2, 0.25) is 0 Å². The van der Waals surface area contributed by atoms with E-state index in [4.69, 9.17) is 4.74 Å². The summed E-state index contributed by atoms with van der Waals surface area (Å²) in [6, 6.07) is 15.4. The largest absolute Gasteiger partial charge is 0.451 e. The summed E-state index contributed by atoms with van der Waals surface area (Å²) >= 11 is 1.19. The van der Waals surface area contributed by atoms with Crippen molar-refractivity contribution in [3.63, 3.8) is 0 Å². The first-order chi connectivity index (χ1) is 14.0. The number of ether oxygens (including phenoxy) is 1. The van der Waals surface area contributed by atoms with Gasteiger partial charge in [0.15, 0.2) is 11.7 Å². The van der Waals surface area contributed by atoms with Gasteiger partial charge in [0.25, 0.3) is 5.91 Å². The van der Waals surface area contributed by atoms with Crippen molar-refractivity contribution in [1.82, 2.24) is 4.98 Å². The molecule has 0 unspecified atom stereocenters. The molecule has 0 saturated carbocycles. The smallest absolute Gasteiger partial charge is 0.350 e. The lowest BCUT2D eigenvalue weighted by Gasteiger charge is -2.06. The molecule has 0 saturated heterocycles. The summed E-state index contributed by atoms with van der Waals surface area (Å²) in [6.07, 6.45) is 0.836. The molecule has 1 amide bonds. The average molecular weight is 413 g/mol. The third-order valence-corrected chi connectivity index (χ3v) is 5.07. The highest BCUT2D eigenvalue weighted by atomic mass is 32.1. The first-order valence-corrected chi connectivity index (χ1v) is 9.80. The number of halogens is 1. The van der Waals surface area contributed by atoms with Crippen LogP contribution in [-0.2, 0) is 16.0 Å². The van der Waals surface area contributed by atoms with Gasteiger partial charge in [-0.05, 0) is 43.2 Å². The standard InChI is InChI=1S/C21H20FN3O3S/c1-14-19(29-21(24-14)23-12-11-15-5-3-2-4-6-15)20(27)28-13-18(26)25-17-9-7-16(22)8-10-17/h2-10H,11-13H2,1H3,(H,23,24)(H,25,26). The van der Waals surface area contributed by atoms with Crippen LogP contribution in [0.5, 0.6) is 0 Å². The van der Waals surface area contributed by atoms with Gasteiger partial charge in [-0.2, -0.15) is 0 Å². The number of hydrogen-bond donors (Lipinski definition) is 2. The van der Waals surface area contributed by atoms with E-state index < -0.39 is 24.3 Å². The Hall–Kier alpha value is -3.26. The lowest BCUT2D eigenvalue weighted by atomic mass is 10.2. The molecule has 0 spiro atoms. The quantitative estimate of drug-likeness (QED) is 0.545. The molecule has 0 aliphatic heterocycles. The fourth-order valence-electron chi connectivity index (χ4n) is 2.55. The molecule has 0 bridgehead atoms. The van der Waals surface area contributed by atoms with E-state index in [1.165, 1.54) is 41.2 Å². The van der Waals surface area contributed by atoms with Crippen molar-refractivity contribution in [2.75, 3.05) is 23.8 Å². The lowest BCUT2D eigenvalue weighted by molar-refractivity contribution is -0.119. The molecule has 1 heterocycles. The van der Waals surface area contributed by atoms with Crippen molar-refractivity contribution >= 4 is 34.0 Å². The molecule has 6 nitrogen and oxygen atoms in total. The first-order valence-electron chi connectivity index (χ1n) is 8.99. The van der Waals surface area contributed by atoms with E-state index in [9.17, 15) is 14.0 Å². The van der Waals surface area contributed by atoms with Gasteiger partial charge in [-0.1, -0.05) is 41.7 Å². The monoisotopic (exact) mass is 413 g/mol. The maximum atomic E-state index is 12.9. The van der Waals surface area contributed by atoms with Crippen LogP contribution in [0.2, 0.25) is 0 Å². The number of nitrogens with one attached hydrogen (secondary N) is 2. The molecule has 0 radical (unpaired) electrons. The minimum Gasteiger partial charge on any atom is -0.451 e. The summed E-state index contributed by atoms with van der Waals surface area (Å²) in [7, 11) is 0. The average Bonchev–Trinajstić information content (AvgIpc) is 3.09. The van der Waals surface area contributed by atoms with Crippen LogP contribution in [0.3, 0.4) is 0 Å². The third kappa shape index (κ3) is 6.11. The van der Waals surface area contributed by atoms with E-state index in [-0.39, 0.29) is 0 Å². The van der Waals surface area contributed by atoms with Gasteiger partial charge in [0, 0.05) is 12.2 Å². The number of rotatable bonds is 8. The lowest BCUT2D eigenvalue weighted by Crippen LogP contribution is -2.20. The Morgan fingerprint density at radius 2 is 1.83 bits per heavy atom. The van der Waals surface area contributed by atoms with Gasteiger partial charge >= 0.3 is 5.97 Å². The van der Waals surface area contributed by atoms with E-state index >= 15 is 0 Å². The van der Waals surface area contributed by atoms with Crippen LogP contribution in [0.4, 0.5) is 15.2 Å². The zero-order valence-electron chi connectivity index (χ0n) is 15.8. The van der Waals surface area contributed by atoms with Crippen LogP contribution in [0, 0.1) is 12.7 Å². The number of aryl methyl sites for hydroxylation is 1. The van der Waals surface area contributed by atoms with E-state index in [1.807, 2.05) is 18.2 Å². The Morgan fingerprint density at radius 3 is 2.55 bits per heavy atom. The second-order valence-corrected chi connectivity index (χ2v) is 7.23. The number of thiazole rings is 1. The molecule has 150 valence electrons. The van der Waals surface area contributed by atoms with Crippen LogP contribution in [-0.4, -0.2) is 30.0 Å². The Morgan fingerprint density at radius 1 is 1.10 bits per heavy atom. The summed E-state index contributed by atoms with van der Waals surface area (Å²) in [4.78, 5) is 28.8. The Labute approximate surface area is 171 Å². The Balaban J connectivity index is 1.47. The molecule has 0 aliphatic carbocycles. The van der Waals surface area contributed by atoms with Crippen molar-refractivity contribution in [2.45, 2.75) is 13.3 Å². The number of esters is 1. The van der Waals surface area contributed by atoms with Gasteiger partial charge in [0.05, 0.1) is 5.69 Å². The molecule has 2 N–H and O–H groups in total. The van der Waals surface area contributed by atoms with Crippen LogP contribution in [0.1, 0.15) is 20.9 Å². The molecule has 0 atom stereocenters. The van der Waals surface area contributed by atoms with Gasteiger partial charge in [-0.3, -0.25) is 4.79 Å². The van der Waals surface area contributed by atoms with Crippen LogP contribution < -0.4 is 10.6 Å². The third-order valence-electron chi connectivity index (χ3n) is 3.98. The van der Waals surface area contributed by atoms with Gasteiger partial charge in [-0.15, -0.1) is 0 Å². The van der Waals surface area contributed by atoms with Gasteiger partial charge in [0.1, 0.15) is 10.7 Å². The summed E-state index contributed by atoms with van der Waals surface area (Å²) in [5.41, 5.74) is 2.17. The number of amides is 1. The van der Waals surface area contributed by atoms with E-state index in [0.717, 1.165) is 6.42 Å². The Kier molecular flexibility index (Phi) is 6.91. The van der Waals surface area contributed by atoms with E-state index in [0.29, 0.717) is 27.9 Å².